The zero-order chi connectivity index (χ0) is 27.2. The lowest BCUT2D eigenvalue weighted by Crippen LogP contribution is -2.50. The Balaban J connectivity index is 1.47. The molecule has 1 amide bonds. The van der Waals surface area contributed by atoms with E-state index in [-0.39, 0.29) is 5.91 Å². The van der Waals surface area contributed by atoms with Gasteiger partial charge >= 0.3 is 0 Å². The molecule has 1 heterocycles. The topological polar surface area (TPSA) is 47.9 Å². The Kier molecular flexibility index (Phi) is 8.21. The molecule has 3 aromatic rings. The van der Waals surface area contributed by atoms with Gasteiger partial charge in [-0.2, -0.15) is 0 Å². The Morgan fingerprint density at radius 3 is 2.56 bits per heavy atom. The molecule has 1 atom stereocenters. The number of allylic oxidation sites excluding steroid dienone is 3. The number of carbonyl (C=O) groups is 1. The third-order valence-electron chi connectivity index (χ3n) is 6.57. The fraction of sp³-hybridized carbons (Fsp3) is 0.156. The molecular weight excluding hydrogens is 524 g/mol. The van der Waals surface area contributed by atoms with Gasteiger partial charge in [0.2, 0.25) is 6.17 Å². The van der Waals surface area contributed by atoms with E-state index in [0.29, 0.717) is 28.9 Å². The van der Waals surface area contributed by atoms with Crippen molar-refractivity contribution in [1.82, 2.24) is 10.2 Å². The van der Waals surface area contributed by atoms with E-state index in [2.05, 4.69) is 33.8 Å². The van der Waals surface area contributed by atoms with Gasteiger partial charge in [-0.1, -0.05) is 89.8 Å². The number of thiocarbonyl (C=S) groups is 1. The zero-order valence-electron chi connectivity index (χ0n) is 21.5. The molecule has 0 radical (unpaired) electrons. The van der Waals surface area contributed by atoms with Crippen molar-refractivity contribution >= 4 is 46.2 Å². The average Bonchev–Trinajstić information content (AvgIpc) is 3.07. The Morgan fingerprint density at radius 2 is 1.85 bits per heavy atom. The van der Waals surface area contributed by atoms with Gasteiger partial charge in [0.25, 0.3) is 5.91 Å². The summed E-state index contributed by atoms with van der Waals surface area (Å²) in [4.78, 5) is 22.3. The van der Waals surface area contributed by atoms with Gasteiger partial charge in [-0.25, -0.2) is 4.99 Å². The molecule has 0 saturated carbocycles. The average molecular weight is 551 g/mol. The number of halogens is 1. The molecule has 7 heteroatoms. The molecule has 1 aliphatic carbocycles. The number of rotatable bonds is 7. The lowest BCUT2D eigenvalue weighted by atomic mass is 10.0. The fourth-order valence-electron chi connectivity index (χ4n) is 4.52. The quantitative estimate of drug-likeness (QED) is 0.287. The smallest absolute Gasteiger partial charge is 0.272 e. The van der Waals surface area contributed by atoms with Crippen LogP contribution in [0.2, 0.25) is 5.02 Å². The van der Waals surface area contributed by atoms with Gasteiger partial charge in [-0.3, -0.25) is 4.79 Å². The van der Waals surface area contributed by atoms with Crippen molar-refractivity contribution in [3.8, 4) is 0 Å². The molecule has 1 N–H and O–H groups in total. The van der Waals surface area contributed by atoms with Gasteiger partial charge in [0, 0.05) is 41.9 Å². The van der Waals surface area contributed by atoms with E-state index in [1.54, 1.807) is 18.0 Å². The molecule has 39 heavy (non-hydrogen) atoms. The minimum absolute atomic E-state index is 0.211. The number of benzene rings is 3. The Labute approximate surface area is 239 Å². The Bertz CT molecular complexity index is 1550. The monoisotopic (exact) mass is 550 g/mol. The third-order valence-corrected chi connectivity index (χ3v) is 7.18. The van der Waals surface area contributed by atoms with E-state index >= 15 is 0 Å². The van der Waals surface area contributed by atoms with E-state index in [4.69, 9.17) is 28.8 Å². The second-order valence-electron chi connectivity index (χ2n) is 9.23. The number of hydrogen-bond acceptors (Lipinski definition) is 3. The summed E-state index contributed by atoms with van der Waals surface area (Å²) in [6, 6.07) is 25.4. The summed E-state index contributed by atoms with van der Waals surface area (Å²) in [5.74, 6) is -0.211. The first kappa shape index (κ1) is 26.4. The molecular formula is C32H27ClN4OS. The van der Waals surface area contributed by atoms with Crippen LogP contribution in [-0.2, 0) is 11.3 Å². The predicted molar refractivity (Wildman–Crippen MR) is 162 cm³/mol. The molecule has 0 fully saturated rings. The number of carbonyl (C=O) groups excluding carboxylic acids is 1. The van der Waals surface area contributed by atoms with Gasteiger partial charge < -0.3 is 15.1 Å². The maximum atomic E-state index is 13.7. The summed E-state index contributed by atoms with van der Waals surface area (Å²) in [6.07, 6.45) is 5.62. The first-order valence-electron chi connectivity index (χ1n) is 12.7. The highest BCUT2D eigenvalue weighted by Crippen LogP contribution is 2.30. The number of fused-ring (bicyclic) bond motifs is 1. The van der Waals surface area contributed by atoms with Crippen molar-refractivity contribution in [1.29, 1.82) is 0 Å². The molecule has 1 aliphatic heterocycles. The highest BCUT2D eigenvalue weighted by atomic mass is 35.5. The maximum Gasteiger partial charge on any atom is 0.272 e. The van der Waals surface area contributed by atoms with Crippen LogP contribution in [0.25, 0.3) is 0 Å². The number of likely N-dealkylation sites (N-methyl/N-ethyl adjacent to an activating group) is 1. The number of amides is 1. The fourth-order valence-corrected chi connectivity index (χ4v) is 4.96. The number of anilines is 1. The van der Waals surface area contributed by atoms with Crippen LogP contribution in [0.3, 0.4) is 0 Å². The van der Waals surface area contributed by atoms with Crippen LogP contribution in [-0.4, -0.2) is 41.4 Å². The van der Waals surface area contributed by atoms with Crippen LogP contribution in [0.1, 0.15) is 23.1 Å². The van der Waals surface area contributed by atoms with Gasteiger partial charge in [-0.15, -0.1) is 0 Å². The van der Waals surface area contributed by atoms with Crippen molar-refractivity contribution in [3.63, 3.8) is 0 Å². The van der Waals surface area contributed by atoms with Gasteiger partial charge in [0.15, 0.2) is 5.11 Å². The molecule has 194 valence electrons. The van der Waals surface area contributed by atoms with E-state index < -0.39 is 6.17 Å². The Hall–Kier alpha value is -4.18. The molecule has 0 bridgehead atoms. The van der Waals surface area contributed by atoms with Crippen LogP contribution in [0.4, 0.5) is 5.69 Å². The third kappa shape index (κ3) is 6.28. The van der Waals surface area contributed by atoms with E-state index in [1.807, 2.05) is 78.9 Å². The van der Waals surface area contributed by atoms with Crippen molar-refractivity contribution in [2.24, 2.45) is 4.99 Å². The van der Waals surface area contributed by atoms with Crippen molar-refractivity contribution in [2.75, 3.05) is 18.5 Å². The first-order chi connectivity index (χ1) is 19.0. The lowest BCUT2D eigenvalue weighted by Gasteiger charge is -2.29. The summed E-state index contributed by atoms with van der Waals surface area (Å²) in [6.45, 7) is 1.22. The zero-order valence-corrected chi connectivity index (χ0v) is 23.0. The van der Waals surface area contributed by atoms with Crippen LogP contribution >= 0.6 is 23.8 Å². The first-order valence-corrected chi connectivity index (χ1v) is 13.5. The van der Waals surface area contributed by atoms with E-state index in [9.17, 15) is 4.79 Å². The second kappa shape index (κ2) is 12.1. The summed E-state index contributed by atoms with van der Waals surface area (Å²) in [5, 5.41) is 4.30. The molecule has 5 rings (SSSR count). The van der Waals surface area contributed by atoms with Gasteiger partial charge in [-0.05, 0) is 54.6 Å². The minimum atomic E-state index is -0.918. The SMILES string of the molecule is CN1C(=O)C(NC(=S)N(CCC2=C=C=CC=C2)Cc2ccccc2)N=C(c2ccccc2)c2cc(Cl)ccc21. The van der Waals surface area contributed by atoms with Crippen molar-refractivity contribution in [3.05, 3.63) is 136 Å². The summed E-state index contributed by atoms with van der Waals surface area (Å²) in [5.41, 5.74) is 11.4. The van der Waals surface area contributed by atoms with Crippen LogP contribution < -0.4 is 10.2 Å². The Morgan fingerprint density at radius 1 is 1.10 bits per heavy atom. The number of nitrogens with zero attached hydrogens (tertiary/aromatic N) is 3. The molecule has 3 aromatic carbocycles. The van der Waals surface area contributed by atoms with Gasteiger partial charge in [0.05, 0.1) is 11.4 Å². The standard InChI is InChI=1S/C32H27ClN4OS/c1-36-28-18-17-26(33)21-27(28)29(25-15-9-4-10-16-25)34-30(31(36)38)35-32(39)37(22-24-13-7-3-8-14-24)20-19-23-11-5-2-6-12-23/h2-5,7-11,13-18,21,30H,19-20,22H2,1H3,(H,35,39). The molecule has 0 aromatic heterocycles. The summed E-state index contributed by atoms with van der Waals surface area (Å²) < 4.78 is 0. The summed E-state index contributed by atoms with van der Waals surface area (Å²) in [7, 11) is 1.75. The van der Waals surface area contributed by atoms with Crippen LogP contribution in [0.5, 0.6) is 0 Å². The maximum absolute atomic E-state index is 13.7. The van der Waals surface area contributed by atoms with Crippen molar-refractivity contribution in [2.45, 2.75) is 19.1 Å². The predicted octanol–water partition coefficient (Wildman–Crippen LogP) is 6.05. The summed E-state index contributed by atoms with van der Waals surface area (Å²) >= 11 is 12.3. The minimum Gasteiger partial charge on any atom is -0.345 e. The van der Waals surface area contributed by atoms with Gasteiger partial charge in [0.1, 0.15) is 0 Å². The van der Waals surface area contributed by atoms with E-state index in [1.165, 1.54) is 0 Å². The number of benzodiazepines with no additional fused rings is 1. The highest BCUT2D eigenvalue weighted by molar-refractivity contribution is 7.80. The number of nitrogens with one attached hydrogen (secondary N) is 1. The number of hydrogen-bond donors (Lipinski definition) is 1. The molecule has 0 spiro atoms. The molecule has 0 saturated heterocycles. The number of aliphatic imine (C=N–C) groups is 1. The second-order valence-corrected chi connectivity index (χ2v) is 10.1. The van der Waals surface area contributed by atoms with Crippen LogP contribution in [0, 0.1) is 0 Å². The largest absolute Gasteiger partial charge is 0.345 e. The van der Waals surface area contributed by atoms with Crippen LogP contribution in [0.15, 0.2) is 119 Å². The molecule has 1 unspecified atom stereocenters. The highest BCUT2D eigenvalue weighted by Gasteiger charge is 2.31. The molecule has 5 nitrogen and oxygen atoms in total. The molecule has 2 aliphatic rings. The normalized spacial score (nSPS) is 15.8. The lowest BCUT2D eigenvalue weighted by molar-refractivity contribution is -0.119. The van der Waals surface area contributed by atoms with E-state index in [0.717, 1.165) is 34.4 Å². The van der Waals surface area contributed by atoms with Crippen molar-refractivity contribution < 1.29 is 4.79 Å².